The molecule has 0 aliphatic carbocycles. The van der Waals surface area contributed by atoms with Crippen LogP contribution in [-0.4, -0.2) is 29.6 Å². The van der Waals surface area contributed by atoms with Crippen molar-refractivity contribution in [1.29, 1.82) is 0 Å². The van der Waals surface area contributed by atoms with E-state index < -0.39 is 0 Å². The smallest absolute Gasteiger partial charge is 0.289 e. The average molecular weight is 390 g/mol. The van der Waals surface area contributed by atoms with E-state index in [-0.39, 0.29) is 11.8 Å². The van der Waals surface area contributed by atoms with E-state index in [1.165, 1.54) is 29.6 Å². The maximum Gasteiger partial charge on any atom is 0.289 e. The molecule has 0 radical (unpaired) electrons. The van der Waals surface area contributed by atoms with Crippen molar-refractivity contribution < 1.29 is 14.3 Å². The number of aromatic nitrogens is 1. The molecule has 0 atom stereocenters. The van der Waals surface area contributed by atoms with E-state index in [0.717, 1.165) is 15.9 Å². The summed E-state index contributed by atoms with van der Waals surface area (Å²) in [6.07, 6.45) is 0. The van der Waals surface area contributed by atoms with E-state index >= 15 is 0 Å². The van der Waals surface area contributed by atoms with Gasteiger partial charge in [0.05, 0.1) is 21.7 Å². The first-order valence-corrected chi connectivity index (χ1v) is 9.89. The summed E-state index contributed by atoms with van der Waals surface area (Å²) < 4.78 is 8.40. The van der Waals surface area contributed by atoms with Gasteiger partial charge in [0.25, 0.3) is 5.91 Å². The van der Waals surface area contributed by atoms with E-state index in [1.807, 2.05) is 41.1 Å². The summed E-state index contributed by atoms with van der Waals surface area (Å²) in [4.78, 5) is 29.2. The van der Waals surface area contributed by atoms with Crippen LogP contribution in [0.2, 0.25) is 0 Å². The molecular formula is C18H19N3O3S2. The van der Waals surface area contributed by atoms with Crippen molar-refractivity contribution in [3.05, 3.63) is 45.4 Å². The van der Waals surface area contributed by atoms with Crippen LogP contribution in [0.15, 0.2) is 40.7 Å². The molecule has 0 aliphatic heterocycles. The van der Waals surface area contributed by atoms with Crippen molar-refractivity contribution in [3.8, 4) is 0 Å². The number of nitrogens with zero attached hydrogens (tertiary/aromatic N) is 2. The first-order valence-electron chi connectivity index (χ1n) is 8.19. The third-order valence-electron chi connectivity index (χ3n) is 3.60. The lowest BCUT2D eigenvalue weighted by Gasteiger charge is -2.06. The second kappa shape index (κ2) is 8.39. The highest BCUT2D eigenvalue weighted by Gasteiger charge is 2.11. The highest BCUT2D eigenvalue weighted by molar-refractivity contribution is 7.16. The van der Waals surface area contributed by atoms with Gasteiger partial charge in [-0.1, -0.05) is 17.4 Å². The summed E-state index contributed by atoms with van der Waals surface area (Å²) in [6, 6.07) is 9.27. The number of hydrogen-bond acceptors (Lipinski definition) is 5. The maximum atomic E-state index is 12.4. The highest BCUT2D eigenvalue weighted by Crippen LogP contribution is 2.22. The highest BCUT2D eigenvalue weighted by atomic mass is 32.1. The molecule has 0 aliphatic rings. The number of amides is 2. The number of ether oxygens (including phenoxy) is 1. The number of fused-ring (bicyclic) bond motifs is 1. The second-order valence-corrected chi connectivity index (χ2v) is 7.45. The van der Waals surface area contributed by atoms with Gasteiger partial charge in [0.15, 0.2) is 4.80 Å². The molecule has 8 heteroatoms. The molecule has 6 nitrogen and oxygen atoms in total. The van der Waals surface area contributed by atoms with Crippen LogP contribution in [0.1, 0.15) is 23.5 Å². The summed E-state index contributed by atoms with van der Waals surface area (Å²) in [5.74, 6) is -0.373. The topological polar surface area (TPSA) is 72.7 Å². The summed E-state index contributed by atoms with van der Waals surface area (Å²) in [5.41, 5.74) is 1.68. The van der Waals surface area contributed by atoms with Crippen LogP contribution < -0.4 is 10.1 Å². The second-order valence-electron chi connectivity index (χ2n) is 5.49. The summed E-state index contributed by atoms with van der Waals surface area (Å²) >= 11 is 2.80. The van der Waals surface area contributed by atoms with E-state index in [0.29, 0.717) is 29.4 Å². The molecule has 3 rings (SSSR count). The molecule has 0 fully saturated rings. The SMILES string of the molecule is CCOCCn1c(=NC(=O)c2cccs2)sc2cc(NC(C)=O)ccc21. The van der Waals surface area contributed by atoms with Gasteiger partial charge in [-0.15, -0.1) is 11.3 Å². The first-order chi connectivity index (χ1) is 12.6. The predicted molar refractivity (Wildman–Crippen MR) is 105 cm³/mol. The number of carbonyl (C=O) groups excluding carboxylic acids is 2. The fraction of sp³-hybridized carbons (Fsp3) is 0.278. The molecule has 26 heavy (non-hydrogen) atoms. The normalized spacial score (nSPS) is 11.8. The number of thiophene rings is 1. The molecule has 2 amide bonds. The quantitative estimate of drug-likeness (QED) is 0.656. The monoisotopic (exact) mass is 389 g/mol. The van der Waals surface area contributed by atoms with Crippen molar-refractivity contribution in [2.24, 2.45) is 4.99 Å². The fourth-order valence-corrected chi connectivity index (χ4v) is 4.20. The standard InChI is InChI=1S/C18H19N3O3S2/c1-3-24-9-8-21-14-7-6-13(19-12(2)22)11-16(14)26-18(21)20-17(23)15-5-4-10-25-15/h4-7,10-11H,3,8-9H2,1-2H3,(H,19,22). The van der Waals surface area contributed by atoms with Crippen molar-refractivity contribution in [2.75, 3.05) is 18.5 Å². The largest absolute Gasteiger partial charge is 0.380 e. The molecule has 2 heterocycles. The molecule has 0 saturated heterocycles. The Kier molecular flexibility index (Phi) is 5.97. The lowest BCUT2D eigenvalue weighted by atomic mass is 10.3. The van der Waals surface area contributed by atoms with Crippen molar-refractivity contribution >= 4 is 50.4 Å². The molecule has 0 spiro atoms. The Balaban J connectivity index is 2.05. The van der Waals surface area contributed by atoms with E-state index in [9.17, 15) is 9.59 Å². The molecule has 1 N–H and O–H groups in total. The van der Waals surface area contributed by atoms with Gasteiger partial charge in [0, 0.05) is 25.8 Å². The van der Waals surface area contributed by atoms with Crippen LogP contribution in [0.25, 0.3) is 10.2 Å². The number of rotatable bonds is 6. The number of anilines is 1. The third-order valence-corrected chi connectivity index (χ3v) is 5.49. The zero-order valence-corrected chi connectivity index (χ0v) is 16.2. The summed E-state index contributed by atoms with van der Waals surface area (Å²) in [5, 5.41) is 4.64. The van der Waals surface area contributed by atoms with Crippen LogP contribution in [0.4, 0.5) is 5.69 Å². The number of hydrogen-bond donors (Lipinski definition) is 1. The minimum absolute atomic E-state index is 0.122. The Bertz CT molecular complexity index is 987. The van der Waals surface area contributed by atoms with Gasteiger partial charge in [-0.2, -0.15) is 4.99 Å². The molecule has 2 aromatic heterocycles. The van der Waals surface area contributed by atoms with E-state index in [1.54, 1.807) is 6.07 Å². The Labute approximate surface area is 158 Å². The van der Waals surface area contributed by atoms with E-state index in [4.69, 9.17) is 4.74 Å². The lowest BCUT2D eigenvalue weighted by Crippen LogP contribution is -2.19. The Morgan fingerprint density at radius 3 is 2.85 bits per heavy atom. The van der Waals surface area contributed by atoms with Crippen LogP contribution in [0.5, 0.6) is 0 Å². The minimum atomic E-state index is -0.251. The Morgan fingerprint density at radius 2 is 2.15 bits per heavy atom. The number of carbonyl (C=O) groups is 2. The van der Waals surface area contributed by atoms with Crippen LogP contribution in [-0.2, 0) is 16.1 Å². The van der Waals surface area contributed by atoms with Gasteiger partial charge in [0.2, 0.25) is 5.91 Å². The maximum absolute atomic E-state index is 12.4. The first kappa shape index (κ1) is 18.5. The lowest BCUT2D eigenvalue weighted by molar-refractivity contribution is -0.114. The minimum Gasteiger partial charge on any atom is -0.380 e. The van der Waals surface area contributed by atoms with Gasteiger partial charge in [-0.05, 0) is 36.6 Å². The molecule has 136 valence electrons. The Morgan fingerprint density at radius 1 is 1.31 bits per heavy atom. The Hall–Kier alpha value is -2.29. The number of thiazole rings is 1. The fourth-order valence-electron chi connectivity index (χ4n) is 2.50. The predicted octanol–water partition coefficient (Wildman–Crippen LogP) is 3.50. The zero-order chi connectivity index (χ0) is 18.5. The van der Waals surface area contributed by atoms with Crippen LogP contribution >= 0.6 is 22.7 Å². The third kappa shape index (κ3) is 4.27. The zero-order valence-electron chi connectivity index (χ0n) is 14.5. The molecule has 0 saturated carbocycles. The average Bonchev–Trinajstić information content (AvgIpc) is 3.23. The molecule has 0 unspecified atom stereocenters. The van der Waals surface area contributed by atoms with Crippen molar-refractivity contribution in [2.45, 2.75) is 20.4 Å². The number of nitrogens with one attached hydrogen (secondary N) is 1. The summed E-state index contributed by atoms with van der Waals surface area (Å²) in [6.45, 7) is 5.19. The molecule has 0 bridgehead atoms. The van der Waals surface area contributed by atoms with Crippen LogP contribution in [0, 0.1) is 0 Å². The van der Waals surface area contributed by atoms with Crippen molar-refractivity contribution in [3.63, 3.8) is 0 Å². The summed E-state index contributed by atoms with van der Waals surface area (Å²) in [7, 11) is 0. The van der Waals surface area contributed by atoms with E-state index in [2.05, 4.69) is 10.3 Å². The molecule has 3 aromatic rings. The van der Waals surface area contributed by atoms with Gasteiger partial charge in [-0.3, -0.25) is 9.59 Å². The number of benzene rings is 1. The van der Waals surface area contributed by atoms with Gasteiger partial charge < -0.3 is 14.6 Å². The molecule has 1 aromatic carbocycles. The molecular weight excluding hydrogens is 370 g/mol. The van der Waals surface area contributed by atoms with Crippen LogP contribution in [0.3, 0.4) is 0 Å². The van der Waals surface area contributed by atoms with Crippen molar-refractivity contribution in [1.82, 2.24) is 4.57 Å². The van der Waals surface area contributed by atoms with Gasteiger partial charge >= 0.3 is 0 Å². The van der Waals surface area contributed by atoms with Gasteiger partial charge in [-0.25, -0.2) is 0 Å². The van der Waals surface area contributed by atoms with Gasteiger partial charge in [0.1, 0.15) is 0 Å².